The number of aromatic carboxylic acids is 1. The van der Waals surface area contributed by atoms with E-state index in [0.29, 0.717) is 17.4 Å². The second kappa shape index (κ2) is 5.78. The van der Waals surface area contributed by atoms with Crippen LogP contribution < -0.4 is 0 Å². The van der Waals surface area contributed by atoms with Gasteiger partial charge in [-0.15, -0.1) is 0 Å². The van der Waals surface area contributed by atoms with Crippen LogP contribution in [0.3, 0.4) is 0 Å². The van der Waals surface area contributed by atoms with Crippen molar-refractivity contribution in [1.29, 1.82) is 0 Å². The molecule has 4 saturated carbocycles. The summed E-state index contributed by atoms with van der Waals surface area (Å²) in [6.07, 6.45) is 14.4. The molecule has 7 rings (SSSR count). The maximum Gasteiger partial charge on any atom is 0.335 e. The van der Waals surface area contributed by atoms with Crippen LogP contribution in [-0.2, 0) is 11.1 Å². The molecule has 0 aliphatic heterocycles. The van der Waals surface area contributed by atoms with Crippen molar-refractivity contribution in [3.8, 4) is 11.4 Å². The van der Waals surface area contributed by atoms with Gasteiger partial charge in [0, 0.05) is 23.5 Å². The molecule has 7 heteroatoms. The first-order chi connectivity index (χ1) is 14.1. The highest BCUT2D eigenvalue weighted by molar-refractivity contribution is 5.89. The predicted molar refractivity (Wildman–Crippen MR) is 105 cm³/mol. The summed E-state index contributed by atoms with van der Waals surface area (Å²) in [5.41, 5.74) is 1.19. The van der Waals surface area contributed by atoms with E-state index >= 15 is 0 Å². The van der Waals surface area contributed by atoms with E-state index in [0.717, 1.165) is 30.7 Å². The fourth-order valence-corrected chi connectivity index (χ4v) is 6.86. The van der Waals surface area contributed by atoms with Crippen LogP contribution in [0.2, 0.25) is 0 Å². The van der Waals surface area contributed by atoms with Crippen molar-refractivity contribution in [1.82, 2.24) is 24.3 Å². The van der Waals surface area contributed by atoms with Gasteiger partial charge in [0.05, 0.1) is 11.1 Å². The van der Waals surface area contributed by atoms with E-state index in [-0.39, 0.29) is 11.1 Å². The molecule has 2 unspecified atom stereocenters. The van der Waals surface area contributed by atoms with Gasteiger partial charge in [0.25, 0.3) is 0 Å². The minimum atomic E-state index is -0.912. The summed E-state index contributed by atoms with van der Waals surface area (Å²) in [5.74, 6) is 1.32. The topological polar surface area (TPSA) is 85.8 Å². The van der Waals surface area contributed by atoms with E-state index in [2.05, 4.69) is 30.5 Å². The third-order valence-corrected chi connectivity index (χ3v) is 7.42. The quantitative estimate of drug-likeness (QED) is 0.738. The van der Waals surface area contributed by atoms with Crippen LogP contribution in [0.5, 0.6) is 0 Å². The molecule has 1 aromatic carbocycles. The number of hydrogen-bond donors (Lipinski definition) is 1. The lowest BCUT2D eigenvalue weighted by atomic mass is 9.49. The Morgan fingerprint density at radius 3 is 2.66 bits per heavy atom. The normalized spacial score (nSPS) is 32.6. The molecule has 2 aromatic heterocycles. The fraction of sp³-hybridized carbons (Fsp3) is 0.455. The lowest BCUT2D eigenvalue weighted by molar-refractivity contribution is -0.0968. The van der Waals surface area contributed by atoms with Gasteiger partial charge >= 0.3 is 5.97 Å². The largest absolute Gasteiger partial charge is 0.478 e. The third kappa shape index (κ3) is 2.42. The number of carboxylic acids is 1. The van der Waals surface area contributed by atoms with Crippen LogP contribution in [0.25, 0.3) is 11.4 Å². The Hall–Kier alpha value is -2.96. The third-order valence-electron chi connectivity index (χ3n) is 7.42. The Bertz CT molecular complexity index is 1070. The highest BCUT2D eigenvalue weighted by Gasteiger charge is 2.60. The summed E-state index contributed by atoms with van der Waals surface area (Å²) in [6.45, 7) is 0. The molecule has 4 aliphatic rings. The first kappa shape index (κ1) is 16.9. The maximum atomic E-state index is 11.5. The van der Waals surface area contributed by atoms with E-state index in [9.17, 15) is 9.90 Å². The summed E-state index contributed by atoms with van der Waals surface area (Å²) in [7, 11) is 0. The van der Waals surface area contributed by atoms with Crippen LogP contribution >= 0.6 is 0 Å². The van der Waals surface area contributed by atoms with E-state index < -0.39 is 5.97 Å². The average molecular weight is 389 g/mol. The van der Waals surface area contributed by atoms with E-state index in [1.165, 1.54) is 19.3 Å². The molecule has 3 aromatic rings. The van der Waals surface area contributed by atoms with Crippen molar-refractivity contribution in [2.24, 2.45) is 11.8 Å². The Morgan fingerprint density at radius 1 is 1.14 bits per heavy atom. The van der Waals surface area contributed by atoms with Crippen LogP contribution in [0.4, 0.5) is 0 Å². The Morgan fingerprint density at radius 2 is 1.93 bits per heavy atom. The standard InChI is InChI=1S/C22H23N5O2/c28-20(29)18-3-1-2-17(7-18)19-24-4-5-26(19)21-8-15-6-16(9-21)11-22(10-15,12-21)27-14-23-13-25-27/h1-5,7,13-16H,6,8-12H2,(H,28,29). The molecule has 2 heterocycles. The minimum Gasteiger partial charge on any atom is -0.478 e. The number of aromatic nitrogens is 5. The predicted octanol–water partition coefficient (Wildman–Crippen LogP) is 3.54. The smallest absolute Gasteiger partial charge is 0.335 e. The molecule has 0 amide bonds. The zero-order chi connectivity index (χ0) is 19.6. The van der Waals surface area contributed by atoms with Crippen molar-refractivity contribution in [3.05, 3.63) is 54.9 Å². The van der Waals surface area contributed by atoms with Crippen molar-refractivity contribution >= 4 is 5.97 Å². The van der Waals surface area contributed by atoms with Gasteiger partial charge in [0.1, 0.15) is 18.5 Å². The highest BCUT2D eigenvalue weighted by Crippen LogP contribution is 2.63. The fourth-order valence-electron chi connectivity index (χ4n) is 6.86. The second-order valence-electron chi connectivity index (χ2n) is 9.26. The average Bonchev–Trinajstić information content (AvgIpc) is 3.40. The molecule has 7 nitrogen and oxygen atoms in total. The van der Waals surface area contributed by atoms with Crippen molar-refractivity contribution in [2.45, 2.75) is 49.6 Å². The number of carboxylic acid groups (broad SMARTS) is 1. The molecule has 0 saturated heterocycles. The number of benzene rings is 1. The van der Waals surface area contributed by atoms with Crippen molar-refractivity contribution in [3.63, 3.8) is 0 Å². The van der Waals surface area contributed by atoms with Gasteiger partial charge in [0.15, 0.2) is 0 Å². The lowest BCUT2D eigenvalue weighted by Crippen LogP contribution is -2.60. The lowest BCUT2D eigenvalue weighted by Gasteiger charge is -2.62. The zero-order valence-corrected chi connectivity index (χ0v) is 16.1. The van der Waals surface area contributed by atoms with Crippen molar-refractivity contribution < 1.29 is 9.90 Å². The van der Waals surface area contributed by atoms with Gasteiger partial charge in [-0.3, -0.25) is 0 Å². The van der Waals surface area contributed by atoms with Gasteiger partial charge in [-0.2, -0.15) is 5.10 Å². The Kier molecular flexibility index (Phi) is 3.38. The molecule has 0 radical (unpaired) electrons. The van der Waals surface area contributed by atoms with Crippen molar-refractivity contribution in [2.75, 3.05) is 0 Å². The molecule has 4 bridgehead atoms. The number of imidazole rings is 1. The highest BCUT2D eigenvalue weighted by atomic mass is 16.4. The monoisotopic (exact) mass is 389 g/mol. The molecule has 4 aliphatic carbocycles. The van der Waals surface area contributed by atoms with Gasteiger partial charge in [0.2, 0.25) is 0 Å². The summed E-state index contributed by atoms with van der Waals surface area (Å²) in [5, 5.41) is 13.9. The maximum absolute atomic E-state index is 11.5. The number of carbonyl (C=O) groups is 1. The van der Waals surface area contributed by atoms with Gasteiger partial charge in [-0.05, 0) is 62.5 Å². The second-order valence-corrected chi connectivity index (χ2v) is 9.26. The number of rotatable bonds is 4. The molecule has 4 fully saturated rings. The Balaban J connectivity index is 1.46. The van der Waals surface area contributed by atoms with Gasteiger partial charge in [-0.25, -0.2) is 19.4 Å². The minimum absolute atomic E-state index is 0.00109. The van der Waals surface area contributed by atoms with E-state index in [1.807, 2.05) is 18.6 Å². The summed E-state index contributed by atoms with van der Waals surface area (Å²) in [4.78, 5) is 20.4. The molecule has 148 valence electrons. The van der Waals surface area contributed by atoms with Crippen LogP contribution in [0.15, 0.2) is 49.3 Å². The molecular weight excluding hydrogens is 366 g/mol. The Labute approximate surface area is 168 Å². The first-order valence-corrected chi connectivity index (χ1v) is 10.3. The molecule has 1 N–H and O–H groups in total. The van der Waals surface area contributed by atoms with E-state index in [1.54, 1.807) is 24.5 Å². The first-order valence-electron chi connectivity index (χ1n) is 10.3. The van der Waals surface area contributed by atoms with Crippen LogP contribution in [0, 0.1) is 11.8 Å². The van der Waals surface area contributed by atoms with Crippen LogP contribution in [0.1, 0.15) is 48.9 Å². The van der Waals surface area contributed by atoms with Crippen LogP contribution in [-0.4, -0.2) is 35.4 Å². The number of hydrogen-bond acceptors (Lipinski definition) is 4. The summed E-state index contributed by atoms with van der Waals surface area (Å²) < 4.78 is 4.46. The SMILES string of the molecule is O=C(O)c1cccc(-c2nccn2C23CC4CC(CC(n5cncn5)(C4)C2)C3)c1. The molecular formula is C22H23N5O2. The van der Waals surface area contributed by atoms with Gasteiger partial charge in [-0.1, -0.05) is 12.1 Å². The zero-order valence-electron chi connectivity index (χ0n) is 16.1. The summed E-state index contributed by atoms with van der Waals surface area (Å²) in [6, 6.07) is 7.12. The van der Waals surface area contributed by atoms with Gasteiger partial charge < -0.3 is 9.67 Å². The summed E-state index contributed by atoms with van der Waals surface area (Å²) >= 11 is 0. The molecule has 0 spiro atoms. The molecule has 29 heavy (non-hydrogen) atoms. The number of nitrogens with zero attached hydrogens (tertiary/aromatic N) is 5. The van der Waals surface area contributed by atoms with E-state index in [4.69, 9.17) is 0 Å². The molecule has 2 atom stereocenters.